The van der Waals surface area contributed by atoms with Gasteiger partial charge in [-0.25, -0.2) is 0 Å². The Labute approximate surface area is 119 Å². The first-order chi connectivity index (χ1) is 9.66. The largest absolute Gasteiger partial charge is 0.354 e. The molecule has 20 heavy (non-hydrogen) atoms. The molecule has 1 aromatic heterocycles. The van der Waals surface area contributed by atoms with Crippen molar-refractivity contribution in [2.45, 2.75) is 44.6 Å². The molecule has 1 aliphatic carbocycles. The van der Waals surface area contributed by atoms with E-state index in [1.165, 1.54) is 6.42 Å². The molecule has 0 aromatic carbocycles. The van der Waals surface area contributed by atoms with E-state index in [0.717, 1.165) is 44.6 Å². The fraction of sp³-hybridized carbons (Fsp3) is 0.667. The summed E-state index contributed by atoms with van der Waals surface area (Å²) in [5.74, 6) is 1.16. The number of carbonyl (C=O) groups is 1. The normalized spacial score (nSPS) is 24.9. The molecule has 1 aliphatic heterocycles. The third-order valence-electron chi connectivity index (χ3n) is 4.56. The summed E-state index contributed by atoms with van der Waals surface area (Å²) in [5.41, 5.74) is 0.0475. The first-order valence-electron chi connectivity index (χ1n) is 7.51. The average molecular weight is 274 g/mol. The number of rotatable bonds is 3. The molecule has 5 nitrogen and oxygen atoms in total. The molecule has 1 saturated heterocycles. The molecule has 0 spiro atoms. The number of piperidine rings is 1. The number of nitrogens with one attached hydrogen (secondary N) is 1. The van der Waals surface area contributed by atoms with Crippen LogP contribution in [0.3, 0.4) is 0 Å². The molecule has 108 valence electrons. The van der Waals surface area contributed by atoms with Crippen LogP contribution in [0.15, 0.2) is 18.3 Å². The van der Waals surface area contributed by atoms with E-state index in [9.17, 15) is 4.79 Å². The first kappa shape index (κ1) is 13.3. The third-order valence-corrected chi connectivity index (χ3v) is 4.56. The molecular formula is C15H22N4O. The second-order valence-electron chi connectivity index (χ2n) is 6.27. The van der Waals surface area contributed by atoms with Gasteiger partial charge in [-0.2, -0.15) is 5.10 Å². The molecule has 1 atom stereocenters. The van der Waals surface area contributed by atoms with Gasteiger partial charge in [0.15, 0.2) is 5.82 Å². The van der Waals surface area contributed by atoms with E-state index in [2.05, 4.69) is 27.3 Å². The fourth-order valence-corrected chi connectivity index (χ4v) is 3.09. The van der Waals surface area contributed by atoms with Gasteiger partial charge in [0.1, 0.15) is 0 Å². The number of amides is 1. The summed E-state index contributed by atoms with van der Waals surface area (Å²) in [4.78, 5) is 14.6. The van der Waals surface area contributed by atoms with Crippen molar-refractivity contribution in [2.24, 2.45) is 5.92 Å². The highest BCUT2D eigenvalue weighted by atomic mass is 16.2. The van der Waals surface area contributed by atoms with E-state index >= 15 is 0 Å². The Balaban J connectivity index is 1.61. The lowest BCUT2D eigenvalue weighted by molar-refractivity contribution is -0.128. The Morgan fingerprint density at radius 3 is 2.95 bits per heavy atom. The van der Waals surface area contributed by atoms with Gasteiger partial charge in [0.05, 0.1) is 5.92 Å². The maximum atomic E-state index is 12.4. The molecule has 2 fully saturated rings. The van der Waals surface area contributed by atoms with Crippen molar-refractivity contribution in [3.63, 3.8) is 0 Å². The summed E-state index contributed by atoms with van der Waals surface area (Å²) >= 11 is 0. The lowest BCUT2D eigenvalue weighted by Gasteiger charge is -2.41. The summed E-state index contributed by atoms with van der Waals surface area (Å²) in [5, 5.41) is 11.3. The molecule has 1 saturated carbocycles. The van der Waals surface area contributed by atoms with E-state index in [0.29, 0.717) is 0 Å². The van der Waals surface area contributed by atoms with Gasteiger partial charge in [0.25, 0.3) is 0 Å². The summed E-state index contributed by atoms with van der Waals surface area (Å²) in [7, 11) is 0. The van der Waals surface area contributed by atoms with Crippen LogP contribution in [-0.4, -0.2) is 34.7 Å². The van der Waals surface area contributed by atoms with Crippen molar-refractivity contribution >= 4 is 11.7 Å². The molecule has 0 bridgehead atoms. The summed E-state index contributed by atoms with van der Waals surface area (Å²) in [6, 6.07) is 3.85. The van der Waals surface area contributed by atoms with Crippen LogP contribution in [0.2, 0.25) is 0 Å². The monoisotopic (exact) mass is 274 g/mol. The minimum atomic E-state index is 0.0475. The van der Waals surface area contributed by atoms with E-state index in [4.69, 9.17) is 0 Å². The lowest BCUT2D eigenvalue weighted by Crippen LogP contribution is -2.54. The SMILES string of the molecule is CC1(NC(=O)C2CCCN(c3cccnn3)C2)CCC1. The van der Waals surface area contributed by atoms with Crippen molar-refractivity contribution in [1.29, 1.82) is 0 Å². The van der Waals surface area contributed by atoms with Crippen molar-refractivity contribution in [1.82, 2.24) is 15.5 Å². The van der Waals surface area contributed by atoms with Crippen molar-refractivity contribution in [2.75, 3.05) is 18.0 Å². The highest BCUT2D eigenvalue weighted by Gasteiger charge is 2.36. The Morgan fingerprint density at radius 2 is 2.30 bits per heavy atom. The number of anilines is 1. The van der Waals surface area contributed by atoms with Gasteiger partial charge in [0, 0.05) is 24.8 Å². The number of carbonyl (C=O) groups excluding carboxylic acids is 1. The van der Waals surface area contributed by atoms with Gasteiger partial charge < -0.3 is 10.2 Å². The Hall–Kier alpha value is -1.65. The number of nitrogens with zero attached hydrogens (tertiary/aromatic N) is 3. The molecule has 2 heterocycles. The van der Waals surface area contributed by atoms with E-state index < -0.39 is 0 Å². The predicted octanol–water partition coefficient (Wildman–Crippen LogP) is 1.75. The molecular weight excluding hydrogens is 252 g/mol. The highest BCUT2D eigenvalue weighted by molar-refractivity contribution is 5.80. The van der Waals surface area contributed by atoms with E-state index in [1.54, 1.807) is 6.20 Å². The zero-order chi connectivity index (χ0) is 14.0. The Morgan fingerprint density at radius 1 is 1.45 bits per heavy atom. The second-order valence-corrected chi connectivity index (χ2v) is 6.27. The molecule has 1 unspecified atom stereocenters. The van der Waals surface area contributed by atoms with Crippen molar-refractivity contribution in [3.8, 4) is 0 Å². The van der Waals surface area contributed by atoms with Gasteiger partial charge >= 0.3 is 0 Å². The van der Waals surface area contributed by atoms with Crippen LogP contribution in [0.4, 0.5) is 5.82 Å². The molecule has 1 N–H and O–H groups in total. The maximum Gasteiger partial charge on any atom is 0.225 e. The number of aromatic nitrogens is 2. The summed E-state index contributed by atoms with van der Waals surface area (Å²) in [6.45, 7) is 3.86. The molecule has 5 heteroatoms. The highest BCUT2D eigenvalue weighted by Crippen LogP contribution is 2.32. The topological polar surface area (TPSA) is 58.1 Å². The standard InChI is InChI=1S/C15H22N4O/c1-15(7-4-8-15)17-14(20)12-5-3-10-19(11-12)13-6-2-9-16-18-13/h2,6,9,12H,3-5,7-8,10-11H2,1H3,(H,17,20). The first-order valence-corrected chi connectivity index (χ1v) is 7.51. The van der Waals surface area contributed by atoms with Crippen LogP contribution < -0.4 is 10.2 Å². The third kappa shape index (κ3) is 2.76. The van der Waals surface area contributed by atoms with Crippen LogP contribution in [0.5, 0.6) is 0 Å². The van der Waals surface area contributed by atoms with Gasteiger partial charge in [-0.3, -0.25) is 4.79 Å². The van der Waals surface area contributed by atoms with Crippen LogP contribution in [0.25, 0.3) is 0 Å². The lowest BCUT2D eigenvalue weighted by atomic mass is 9.78. The van der Waals surface area contributed by atoms with Gasteiger partial charge in [-0.1, -0.05) is 0 Å². The van der Waals surface area contributed by atoms with Crippen molar-refractivity contribution in [3.05, 3.63) is 18.3 Å². The minimum absolute atomic E-state index is 0.0475. The minimum Gasteiger partial charge on any atom is -0.354 e. The van der Waals surface area contributed by atoms with Gasteiger partial charge in [0.2, 0.25) is 5.91 Å². The molecule has 1 amide bonds. The molecule has 2 aliphatic rings. The van der Waals surface area contributed by atoms with Crippen molar-refractivity contribution < 1.29 is 4.79 Å². The Kier molecular flexibility index (Phi) is 3.59. The van der Waals surface area contributed by atoms with Crippen LogP contribution in [-0.2, 0) is 4.79 Å². The maximum absolute atomic E-state index is 12.4. The predicted molar refractivity (Wildman–Crippen MR) is 77.4 cm³/mol. The zero-order valence-corrected chi connectivity index (χ0v) is 12.0. The fourth-order valence-electron chi connectivity index (χ4n) is 3.09. The number of hydrogen-bond donors (Lipinski definition) is 1. The van der Waals surface area contributed by atoms with E-state index in [-0.39, 0.29) is 17.4 Å². The number of hydrogen-bond acceptors (Lipinski definition) is 4. The molecule has 3 rings (SSSR count). The van der Waals surface area contributed by atoms with Crippen LogP contribution in [0, 0.1) is 5.92 Å². The smallest absolute Gasteiger partial charge is 0.225 e. The summed E-state index contributed by atoms with van der Waals surface area (Å²) < 4.78 is 0. The summed E-state index contributed by atoms with van der Waals surface area (Å²) in [6.07, 6.45) is 7.13. The van der Waals surface area contributed by atoms with Crippen LogP contribution in [0.1, 0.15) is 39.0 Å². The average Bonchev–Trinajstić information content (AvgIpc) is 2.46. The van der Waals surface area contributed by atoms with E-state index in [1.807, 2.05) is 12.1 Å². The van der Waals surface area contributed by atoms with Crippen LogP contribution >= 0.6 is 0 Å². The zero-order valence-electron chi connectivity index (χ0n) is 12.0. The van der Waals surface area contributed by atoms with Gasteiger partial charge in [-0.05, 0) is 51.2 Å². The quantitative estimate of drug-likeness (QED) is 0.912. The molecule has 1 aromatic rings. The van der Waals surface area contributed by atoms with Gasteiger partial charge in [-0.15, -0.1) is 5.10 Å². The Bertz CT molecular complexity index is 472. The molecule has 0 radical (unpaired) electrons. The second kappa shape index (κ2) is 5.38.